The summed E-state index contributed by atoms with van der Waals surface area (Å²) in [6.45, 7) is 4.60. The fourth-order valence-corrected chi connectivity index (χ4v) is 3.08. The van der Waals surface area contributed by atoms with E-state index in [4.69, 9.17) is 11.6 Å². The molecule has 0 N–H and O–H groups in total. The maximum absolute atomic E-state index is 5.93. The maximum Gasteiger partial charge on any atom is 0.0662 e. The number of halogens is 1. The van der Waals surface area contributed by atoms with E-state index in [1.807, 2.05) is 0 Å². The summed E-state index contributed by atoms with van der Waals surface area (Å²) in [6.07, 6.45) is 5.30. The Morgan fingerprint density at radius 2 is 2.10 bits per heavy atom. The van der Waals surface area contributed by atoms with Crippen LogP contribution in [-0.4, -0.2) is 8.80 Å². The molecule has 1 rings (SSSR count). The third kappa shape index (κ3) is 2.48. The molecule has 0 atom stereocenters. The van der Waals surface area contributed by atoms with Crippen LogP contribution in [0.2, 0.25) is 13.1 Å². The number of allylic oxidation sites excluding steroid dienone is 4. The van der Waals surface area contributed by atoms with Crippen molar-refractivity contribution < 1.29 is 26.2 Å². The van der Waals surface area contributed by atoms with Crippen molar-refractivity contribution in [3.63, 3.8) is 0 Å². The first-order valence-corrected chi connectivity index (χ1v) is 6.53. The molecule has 54 valence electrons. The Morgan fingerprint density at radius 1 is 1.50 bits per heavy atom. The molecule has 1 aliphatic carbocycles. The van der Waals surface area contributed by atoms with Crippen LogP contribution in [0.4, 0.5) is 0 Å². The van der Waals surface area contributed by atoms with Gasteiger partial charge in [0, 0.05) is 37.7 Å². The molecule has 0 heterocycles. The van der Waals surface area contributed by atoms with Gasteiger partial charge in [-0.05, 0) is 5.20 Å². The molecule has 0 bridgehead atoms. The minimum absolute atomic E-state index is 0. The van der Waals surface area contributed by atoms with Gasteiger partial charge in [-0.25, -0.2) is 0 Å². The molecule has 0 aromatic rings. The third-order valence-electron chi connectivity index (χ3n) is 1.53. The summed E-state index contributed by atoms with van der Waals surface area (Å²) in [5.74, 6) is 0. The molecule has 3 heteroatoms. The van der Waals surface area contributed by atoms with Crippen LogP contribution in [0.15, 0.2) is 22.4 Å². The second-order valence-electron chi connectivity index (χ2n) is 2.62. The van der Waals surface area contributed by atoms with E-state index < -0.39 is 8.80 Å². The molecule has 0 fully saturated rings. The SMILES string of the molecule is C[SiH](C)C1=C(Cl)CC=C1.[Zr]. The first-order chi connectivity index (χ1) is 4.22. The topological polar surface area (TPSA) is 0 Å². The summed E-state index contributed by atoms with van der Waals surface area (Å²) in [6, 6.07) is 0. The Morgan fingerprint density at radius 3 is 2.30 bits per heavy atom. The van der Waals surface area contributed by atoms with E-state index in [1.165, 1.54) is 5.20 Å². The van der Waals surface area contributed by atoms with Crippen LogP contribution in [0.5, 0.6) is 0 Å². The van der Waals surface area contributed by atoms with Gasteiger partial charge in [0.05, 0.1) is 8.80 Å². The van der Waals surface area contributed by atoms with Gasteiger partial charge in [-0.1, -0.05) is 36.8 Å². The average molecular weight is 250 g/mol. The first-order valence-electron chi connectivity index (χ1n) is 3.27. The van der Waals surface area contributed by atoms with Gasteiger partial charge in [0.1, 0.15) is 0 Å². The minimum atomic E-state index is -0.620. The van der Waals surface area contributed by atoms with Crippen molar-refractivity contribution in [3.05, 3.63) is 22.4 Å². The van der Waals surface area contributed by atoms with Crippen molar-refractivity contribution >= 4 is 20.4 Å². The fraction of sp³-hybridized carbons (Fsp3) is 0.429. The molecule has 0 aromatic carbocycles. The van der Waals surface area contributed by atoms with Gasteiger partial charge in [0.2, 0.25) is 0 Å². The van der Waals surface area contributed by atoms with E-state index in [2.05, 4.69) is 25.2 Å². The molecule has 0 nitrogen and oxygen atoms in total. The molecule has 0 aliphatic heterocycles. The van der Waals surface area contributed by atoms with E-state index in [-0.39, 0.29) is 26.2 Å². The largest absolute Gasteiger partial charge is 0.0890 e. The Bertz CT molecular complexity index is 172. The van der Waals surface area contributed by atoms with Gasteiger partial charge in [0.25, 0.3) is 0 Å². The zero-order valence-electron chi connectivity index (χ0n) is 6.32. The van der Waals surface area contributed by atoms with Crippen LogP contribution in [0.25, 0.3) is 0 Å². The predicted molar refractivity (Wildman–Crippen MR) is 45.5 cm³/mol. The molecule has 0 radical (unpaired) electrons. The number of hydrogen-bond donors (Lipinski definition) is 0. The van der Waals surface area contributed by atoms with Gasteiger partial charge in [0.15, 0.2) is 0 Å². The second kappa shape index (κ2) is 4.69. The van der Waals surface area contributed by atoms with Gasteiger partial charge in [-0.3, -0.25) is 0 Å². The summed E-state index contributed by atoms with van der Waals surface area (Å²) < 4.78 is 0. The van der Waals surface area contributed by atoms with E-state index >= 15 is 0 Å². The molecule has 10 heavy (non-hydrogen) atoms. The zero-order chi connectivity index (χ0) is 6.85. The van der Waals surface area contributed by atoms with E-state index in [9.17, 15) is 0 Å². The predicted octanol–water partition coefficient (Wildman–Crippen LogP) is 2.46. The van der Waals surface area contributed by atoms with Crippen molar-refractivity contribution in [1.29, 1.82) is 0 Å². The summed E-state index contributed by atoms with van der Waals surface area (Å²) >= 11 is 5.93. The molecule has 1 aliphatic rings. The average Bonchev–Trinajstić information content (AvgIpc) is 2.13. The van der Waals surface area contributed by atoms with Gasteiger partial charge >= 0.3 is 0 Å². The van der Waals surface area contributed by atoms with E-state index in [1.54, 1.807) is 0 Å². The Balaban J connectivity index is 0.000000810. The fourth-order valence-electron chi connectivity index (χ4n) is 1.00. The Hall–Kier alpha value is 0.870. The van der Waals surface area contributed by atoms with Crippen molar-refractivity contribution in [2.24, 2.45) is 0 Å². The standard InChI is InChI=1S/C7H11ClSi.Zr/c1-9(2)7-5-3-4-6(7)8;/h3,5,9H,4H2,1-2H3;. The van der Waals surface area contributed by atoms with Crippen molar-refractivity contribution in [3.8, 4) is 0 Å². The zero-order valence-corrected chi connectivity index (χ0v) is 10.7. The molecule has 0 aromatic heterocycles. The van der Waals surface area contributed by atoms with Crippen LogP contribution in [-0.2, 0) is 26.2 Å². The van der Waals surface area contributed by atoms with Crippen LogP contribution >= 0.6 is 11.6 Å². The number of rotatable bonds is 1. The summed E-state index contributed by atoms with van der Waals surface area (Å²) in [5.41, 5.74) is 0. The van der Waals surface area contributed by atoms with Crippen LogP contribution < -0.4 is 0 Å². The van der Waals surface area contributed by atoms with E-state index in [0.29, 0.717) is 0 Å². The summed E-state index contributed by atoms with van der Waals surface area (Å²) in [5, 5.41) is 2.52. The maximum atomic E-state index is 5.93. The molecule has 0 unspecified atom stereocenters. The third-order valence-corrected chi connectivity index (χ3v) is 3.87. The Kier molecular flexibility index (Phi) is 5.10. The van der Waals surface area contributed by atoms with Crippen LogP contribution in [0, 0.1) is 0 Å². The molecule has 0 spiro atoms. The monoisotopic (exact) mass is 248 g/mol. The first kappa shape index (κ1) is 10.9. The van der Waals surface area contributed by atoms with Crippen molar-refractivity contribution in [1.82, 2.24) is 0 Å². The summed E-state index contributed by atoms with van der Waals surface area (Å²) in [4.78, 5) is 0. The second-order valence-corrected chi connectivity index (χ2v) is 6.01. The van der Waals surface area contributed by atoms with Crippen LogP contribution in [0.1, 0.15) is 6.42 Å². The van der Waals surface area contributed by atoms with Gasteiger partial charge < -0.3 is 0 Å². The minimum Gasteiger partial charge on any atom is -0.0890 e. The molecular weight excluding hydrogens is 239 g/mol. The van der Waals surface area contributed by atoms with Crippen molar-refractivity contribution in [2.45, 2.75) is 19.5 Å². The van der Waals surface area contributed by atoms with Gasteiger partial charge in [-0.15, -0.1) is 0 Å². The van der Waals surface area contributed by atoms with Crippen molar-refractivity contribution in [2.75, 3.05) is 0 Å². The smallest absolute Gasteiger partial charge is 0.0662 e. The molecule has 0 saturated carbocycles. The van der Waals surface area contributed by atoms with Gasteiger partial charge in [-0.2, -0.15) is 0 Å². The molecule has 0 saturated heterocycles. The van der Waals surface area contributed by atoms with Crippen LogP contribution in [0.3, 0.4) is 0 Å². The molecular formula is C7H11ClSiZr. The summed E-state index contributed by atoms with van der Waals surface area (Å²) in [7, 11) is -0.620. The van der Waals surface area contributed by atoms with E-state index in [0.717, 1.165) is 11.5 Å². The quantitative estimate of drug-likeness (QED) is 0.627. The normalized spacial score (nSPS) is 16.4. The number of hydrogen-bond acceptors (Lipinski definition) is 0. The molecule has 0 amide bonds. The Labute approximate surface area is 88.1 Å².